The van der Waals surface area contributed by atoms with Crippen LogP contribution < -0.4 is 5.32 Å². The van der Waals surface area contributed by atoms with Gasteiger partial charge in [-0.3, -0.25) is 4.79 Å². The number of likely N-dealkylation sites (tertiary alicyclic amines) is 1. The van der Waals surface area contributed by atoms with Crippen LogP contribution in [-0.2, 0) is 36.9 Å². The number of aliphatic hydroxyl groups excluding tert-OH is 1. The first kappa shape index (κ1) is 39.9. The molecule has 3 saturated heterocycles. The van der Waals surface area contributed by atoms with Crippen molar-refractivity contribution < 1.29 is 28.8 Å². The van der Waals surface area contributed by atoms with Crippen LogP contribution in [0, 0.1) is 5.92 Å². The van der Waals surface area contributed by atoms with Gasteiger partial charge in [0.1, 0.15) is 0 Å². The molecule has 0 bridgehead atoms. The summed E-state index contributed by atoms with van der Waals surface area (Å²) in [7, 11) is 0. The molecule has 4 atom stereocenters. The Balaban J connectivity index is 1.05. The molecule has 0 aromatic heterocycles. The van der Waals surface area contributed by atoms with Gasteiger partial charge in [-0.1, -0.05) is 139 Å². The topological polar surface area (TPSA) is 89.5 Å². The lowest BCUT2D eigenvalue weighted by Crippen LogP contribution is -2.50. The molecule has 51 heavy (non-hydrogen) atoms. The number of nitrogens with zero attached hydrogens (tertiary/aromatic N) is 1. The monoisotopic (exact) mass is 706 g/mol. The number of amides is 1. The van der Waals surface area contributed by atoms with Crippen LogP contribution in [0.2, 0.25) is 0 Å². The largest absolute Gasteiger partial charge is 0.392 e. The minimum Gasteiger partial charge on any atom is -0.392 e. The van der Waals surface area contributed by atoms with Crippen molar-refractivity contribution >= 4 is 5.91 Å². The lowest BCUT2D eigenvalue weighted by Gasteiger charge is -2.44. The van der Waals surface area contributed by atoms with Gasteiger partial charge in [-0.15, -0.1) is 0 Å². The highest BCUT2D eigenvalue weighted by Crippen LogP contribution is 2.42. The Kier molecular flexibility index (Phi) is 16.7. The summed E-state index contributed by atoms with van der Waals surface area (Å²) >= 11 is 0. The van der Waals surface area contributed by atoms with Crippen LogP contribution in [0.3, 0.4) is 0 Å². The summed E-state index contributed by atoms with van der Waals surface area (Å²) in [6.45, 7) is 9.03. The van der Waals surface area contributed by atoms with E-state index in [2.05, 4.69) is 60.5 Å². The zero-order valence-electron chi connectivity index (χ0n) is 31.6. The van der Waals surface area contributed by atoms with Crippen molar-refractivity contribution in [2.45, 2.75) is 154 Å². The Morgan fingerprint density at radius 1 is 0.765 bits per heavy atom. The van der Waals surface area contributed by atoms with E-state index >= 15 is 0 Å². The number of unbranched alkanes of at least 4 members (excludes halogenated alkanes) is 12. The number of benzene rings is 2. The fourth-order valence-electron chi connectivity index (χ4n) is 7.83. The van der Waals surface area contributed by atoms with Crippen molar-refractivity contribution in [2.75, 3.05) is 32.8 Å². The molecular weight excluding hydrogens is 640 g/mol. The number of ether oxygens (including phenoxy) is 4. The zero-order valence-corrected chi connectivity index (χ0v) is 31.6. The smallest absolute Gasteiger partial charge is 0.220 e. The number of nitrogens with one attached hydrogen (secondary N) is 1. The zero-order chi connectivity index (χ0) is 35.7. The number of rotatable bonds is 21. The molecule has 1 amide bonds. The highest BCUT2D eigenvalue weighted by atomic mass is 16.7. The normalized spacial score (nSPS) is 23.5. The fraction of sp³-hybridized carbons (Fsp3) is 0.698. The summed E-state index contributed by atoms with van der Waals surface area (Å²) in [5.74, 6) is -0.144. The molecule has 0 saturated carbocycles. The van der Waals surface area contributed by atoms with Crippen molar-refractivity contribution in [1.82, 2.24) is 10.2 Å². The predicted octanol–water partition coefficient (Wildman–Crippen LogP) is 8.91. The Bertz CT molecular complexity index is 1250. The van der Waals surface area contributed by atoms with Crippen LogP contribution in [-0.4, -0.2) is 60.7 Å². The van der Waals surface area contributed by atoms with Gasteiger partial charge in [-0.05, 0) is 23.1 Å². The summed E-state index contributed by atoms with van der Waals surface area (Å²) in [4.78, 5) is 15.0. The van der Waals surface area contributed by atoms with Gasteiger partial charge in [-0.2, -0.15) is 0 Å². The highest BCUT2D eigenvalue weighted by molar-refractivity contribution is 5.75. The van der Waals surface area contributed by atoms with E-state index in [4.69, 9.17) is 18.9 Å². The molecule has 2 aromatic rings. The minimum absolute atomic E-state index is 0.0197. The Hall–Kier alpha value is -2.33. The van der Waals surface area contributed by atoms with Crippen LogP contribution in [0.1, 0.15) is 151 Å². The second-order valence-corrected chi connectivity index (χ2v) is 15.2. The first-order valence-corrected chi connectivity index (χ1v) is 20.3. The maximum Gasteiger partial charge on any atom is 0.220 e. The van der Waals surface area contributed by atoms with Crippen molar-refractivity contribution in [3.05, 3.63) is 70.8 Å². The van der Waals surface area contributed by atoms with Gasteiger partial charge in [0.05, 0.1) is 32.0 Å². The van der Waals surface area contributed by atoms with Crippen molar-refractivity contribution in [3.63, 3.8) is 0 Å². The van der Waals surface area contributed by atoms with E-state index in [1.54, 1.807) is 0 Å². The summed E-state index contributed by atoms with van der Waals surface area (Å²) < 4.78 is 25.3. The van der Waals surface area contributed by atoms with Gasteiger partial charge in [0, 0.05) is 56.9 Å². The third kappa shape index (κ3) is 12.6. The number of hydrogen-bond donors (Lipinski definition) is 2. The summed E-state index contributed by atoms with van der Waals surface area (Å²) in [5, 5.41) is 12.7. The molecule has 3 heterocycles. The first-order chi connectivity index (χ1) is 25.0. The number of aliphatic hydroxyl groups is 1. The molecule has 284 valence electrons. The molecule has 3 fully saturated rings. The van der Waals surface area contributed by atoms with Gasteiger partial charge >= 0.3 is 0 Å². The van der Waals surface area contributed by atoms with Crippen LogP contribution in [0.25, 0.3) is 0 Å². The average Bonchev–Trinajstić information content (AvgIpc) is 3.62. The van der Waals surface area contributed by atoms with Crippen LogP contribution >= 0.6 is 0 Å². The third-order valence-corrected chi connectivity index (χ3v) is 11.2. The van der Waals surface area contributed by atoms with Gasteiger partial charge < -0.3 is 34.3 Å². The van der Waals surface area contributed by atoms with E-state index in [0.717, 1.165) is 67.6 Å². The van der Waals surface area contributed by atoms with Crippen molar-refractivity contribution in [3.8, 4) is 0 Å². The molecular formula is C43H66N2O6. The van der Waals surface area contributed by atoms with Gasteiger partial charge in [0.15, 0.2) is 12.1 Å². The van der Waals surface area contributed by atoms with E-state index < -0.39 is 12.1 Å². The molecule has 8 nitrogen and oxygen atoms in total. The fourth-order valence-corrected chi connectivity index (χ4v) is 7.83. The lowest BCUT2D eigenvalue weighted by atomic mass is 9.89. The number of carbonyl (C=O) groups is 1. The summed E-state index contributed by atoms with van der Waals surface area (Å²) in [6.07, 6.45) is 18.6. The predicted molar refractivity (Wildman–Crippen MR) is 202 cm³/mol. The highest BCUT2D eigenvalue weighted by Gasteiger charge is 2.43. The molecule has 2 N–H and O–H groups in total. The van der Waals surface area contributed by atoms with E-state index in [9.17, 15) is 9.90 Å². The number of piperidine rings is 1. The summed E-state index contributed by atoms with van der Waals surface area (Å²) in [6, 6.07) is 16.3. The van der Waals surface area contributed by atoms with Gasteiger partial charge in [0.2, 0.25) is 5.91 Å². The Labute approximate surface area is 308 Å². The third-order valence-electron chi connectivity index (χ3n) is 11.2. The second kappa shape index (κ2) is 21.4. The van der Waals surface area contributed by atoms with E-state index in [0.29, 0.717) is 26.2 Å². The molecule has 8 heteroatoms. The lowest BCUT2D eigenvalue weighted by molar-refractivity contribution is -0.278. The molecule has 1 spiro atoms. The molecule has 1 unspecified atom stereocenters. The Morgan fingerprint density at radius 3 is 1.90 bits per heavy atom. The molecule has 0 radical (unpaired) electrons. The molecule has 3 aliphatic heterocycles. The van der Waals surface area contributed by atoms with E-state index in [-0.39, 0.29) is 30.6 Å². The van der Waals surface area contributed by atoms with Crippen LogP contribution in [0.4, 0.5) is 0 Å². The average molecular weight is 707 g/mol. The molecule has 0 aliphatic carbocycles. The van der Waals surface area contributed by atoms with Crippen LogP contribution in [0.15, 0.2) is 48.5 Å². The molecule has 3 aliphatic rings. The van der Waals surface area contributed by atoms with Crippen molar-refractivity contribution in [2.24, 2.45) is 5.92 Å². The standard InChI is InChI=1S/C43H66N2O6/c1-3-4-5-6-7-8-9-10-11-12-13-14-15-16-40(47)44-31-35-17-23-38(24-18-35)42-50-39(32-45-27-25-43(26-28-45)48-29-30-49-43)34(2)41(51-42)37-21-19-36(33-46)20-22-37/h17-24,34,39,41-42,46H,3-16,25-33H2,1-2H3,(H,44,47)/t34-,39+,41+,42?/m0/s1. The maximum absolute atomic E-state index is 12.6. The number of carbonyl (C=O) groups excluding carboxylic acids is 1. The van der Waals surface area contributed by atoms with Gasteiger partial charge in [0.25, 0.3) is 0 Å². The van der Waals surface area contributed by atoms with Crippen LogP contribution in [0.5, 0.6) is 0 Å². The second-order valence-electron chi connectivity index (χ2n) is 15.2. The van der Waals surface area contributed by atoms with E-state index in [1.807, 2.05) is 12.1 Å². The SMILES string of the molecule is CCCCCCCCCCCCCCCC(=O)NCc1ccc(C2O[C@H](CN3CCC4(CC3)OCCO4)[C@H](C)[C@H](c3ccc(CO)cc3)O2)cc1. The molecule has 2 aromatic carbocycles. The first-order valence-electron chi connectivity index (χ1n) is 20.3. The number of hydrogen-bond acceptors (Lipinski definition) is 7. The van der Waals surface area contributed by atoms with Crippen molar-refractivity contribution in [1.29, 1.82) is 0 Å². The Morgan fingerprint density at radius 2 is 1.31 bits per heavy atom. The van der Waals surface area contributed by atoms with Gasteiger partial charge in [-0.25, -0.2) is 0 Å². The quantitative estimate of drug-likeness (QED) is 0.125. The minimum atomic E-state index is -0.509. The molecule has 5 rings (SSSR count). The maximum atomic E-state index is 12.6. The van der Waals surface area contributed by atoms with E-state index in [1.165, 1.54) is 70.6 Å². The summed E-state index contributed by atoms with van der Waals surface area (Å²) in [5.41, 5.74) is 4.01.